The molecule has 0 fully saturated rings. The largest absolute Gasteiger partial charge is 0.305 e. The predicted molar refractivity (Wildman–Crippen MR) is 80.4 cm³/mol. The van der Waals surface area contributed by atoms with Gasteiger partial charge in [0.25, 0.3) is 0 Å². The molecule has 0 radical (unpaired) electrons. The summed E-state index contributed by atoms with van der Waals surface area (Å²) < 4.78 is 0. The molecule has 1 aromatic heterocycles. The van der Waals surface area contributed by atoms with Crippen molar-refractivity contribution in [1.29, 1.82) is 0 Å². The van der Waals surface area contributed by atoms with Crippen molar-refractivity contribution in [2.75, 3.05) is 6.54 Å². The Morgan fingerprint density at radius 1 is 1.05 bits per heavy atom. The van der Waals surface area contributed by atoms with Crippen LogP contribution in [0.3, 0.4) is 0 Å². The topological polar surface area (TPSA) is 24.9 Å². The molecule has 1 unspecified atom stereocenters. The van der Waals surface area contributed by atoms with Gasteiger partial charge in [-0.15, -0.1) is 0 Å². The Morgan fingerprint density at radius 3 is 2.47 bits per heavy atom. The second-order valence-electron chi connectivity index (χ2n) is 4.99. The van der Waals surface area contributed by atoms with E-state index >= 15 is 0 Å². The summed E-state index contributed by atoms with van der Waals surface area (Å²) in [4.78, 5) is 4.58. The molecule has 0 saturated heterocycles. The van der Waals surface area contributed by atoms with Crippen LogP contribution in [0.25, 0.3) is 0 Å². The zero-order chi connectivity index (χ0) is 13.8. The molecule has 0 amide bonds. The van der Waals surface area contributed by atoms with Gasteiger partial charge in [-0.3, -0.25) is 4.98 Å². The summed E-state index contributed by atoms with van der Waals surface area (Å²) in [5, 5.41) is 3.56. The molecule has 100 valence electrons. The number of benzene rings is 1. The van der Waals surface area contributed by atoms with E-state index in [2.05, 4.69) is 62.3 Å². The Hall–Kier alpha value is -1.67. The maximum atomic E-state index is 4.58. The minimum absolute atomic E-state index is 0.172. The summed E-state index contributed by atoms with van der Waals surface area (Å²) in [6.07, 6.45) is 1.87. The summed E-state index contributed by atoms with van der Waals surface area (Å²) in [5.74, 6) is 0. The molecule has 0 aliphatic carbocycles. The van der Waals surface area contributed by atoms with Gasteiger partial charge in [0.15, 0.2) is 0 Å². The molecule has 2 heteroatoms. The number of hydrogen-bond donors (Lipinski definition) is 1. The molecule has 0 saturated carbocycles. The maximum Gasteiger partial charge on any atom is 0.0756 e. The Bertz CT molecular complexity index is 561. The van der Waals surface area contributed by atoms with Crippen LogP contribution in [-0.4, -0.2) is 11.5 Å². The van der Waals surface area contributed by atoms with Crippen molar-refractivity contribution in [3.63, 3.8) is 0 Å². The predicted octanol–water partition coefficient (Wildman–Crippen LogP) is 3.71. The molecule has 19 heavy (non-hydrogen) atoms. The lowest BCUT2D eigenvalue weighted by atomic mass is 9.93. The highest BCUT2D eigenvalue weighted by atomic mass is 14.9. The summed E-state index contributed by atoms with van der Waals surface area (Å²) in [6.45, 7) is 9.53. The number of pyridine rings is 1. The zero-order valence-electron chi connectivity index (χ0n) is 12.2. The lowest BCUT2D eigenvalue weighted by Crippen LogP contribution is -2.24. The highest BCUT2D eigenvalue weighted by Crippen LogP contribution is 2.27. The van der Waals surface area contributed by atoms with Gasteiger partial charge in [0, 0.05) is 6.20 Å². The minimum atomic E-state index is 0.172. The Balaban J connectivity index is 2.52. The molecule has 0 aliphatic rings. The smallest absolute Gasteiger partial charge is 0.0756 e. The number of aromatic nitrogens is 1. The molecule has 1 aromatic carbocycles. The number of hydrogen-bond acceptors (Lipinski definition) is 2. The van der Waals surface area contributed by atoms with Crippen LogP contribution >= 0.6 is 0 Å². The summed E-state index contributed by atoms with van der Waals surface area (Å²) in [6, 6.07) is 10.8. The van der Waals surface area contributed by atoms with Crippen LogP contribution in [0.5, 0.6) is 0 Å². The molecule has 0 spiro atoms. The Kier molecular flexibility index (Phi) is 4.33. The summed E-state index contributed by atoms with van der Waals surface area (Å²) in [7, 11) is 0. The first kappa shape index (κ1) is 13.8. The fraction of sp³-hybridized carbons (Fsp3) is 0.353. The normalized spacial score (nSPS) is 12.4. The minimum Gasteiger partial charge on any atom is -0.305 e. The Morgan fingerprint density at radius 2 is 1.79 bits per heavy atom. The van der Waals surface area contributed by atoms with Gasteiger partial charge in [-0.1, -0.05) is 31.2 Å². The standard InChI is InChI=1S/C17H22N2/c1-5-18-17(16-13(3)9-7-11-19-16)15-10-6-8-12(2)14(15)4/h6-11,17-18H,5H2,1-4H3. The quantitative estimate of drug-likeness (QED) is 0.899. The van der Waals surface area contributed by atoms with Gasteiger partial charge >= 0.3 is 0 Å². The van der Waals surface area contributed by atoms with Gasteiger partial charge in [0.05, 0.1) is 11.7 Å². The number of nitrogens with one attached hydrogen (secondary N) is 1. The van der Waals surface area contributed by atoms with Gasteiger partial charge in [0.2, 0.25) is 0 Å². The van der Waals surface area contributed by atoms with Crippen molar-refractivity contribution >= 4 is 0 Å². The molecular formula is C17H22N2. The maximum absolute atomic E-state index is 4.58. The van der Waals surface area contributed by atoms with Gasteiger partial charge in [0.1, 0.15) is 0 Å². The van der Waals surface area contributed by atoms with Crippen molar-refractivity contribution < 1.29 is 0 Å². The number of nitrogens with zero attached hydrogens (tertiary/aromatic N) is 1. The van der Waals surface area contributed by atoms with Gasteiger partial charge in [-0.2, -0.15) is 0 Å². The van der Waals surface area contributed by atoms with Crippen LogP contribution < -0.4 is 5.32 Å². The van der Waals surface area contributed by atoms with E-state index in [9.17, 15) is 0 Å². The average Bonchev–Trinajstić information content (AvgIpc) is 2.41. The molecule has 1 heterocycles. The van der Waals surface area contributed by atoms with Crippen LogP contribution in [0.15, 0.2) is 36.5 Å². The molecule has 0 bridgehead atoms. The Labute approximate surface area is 115 Å². The number of aryl methyl sites for hydroxylation is 2. The molecular weight excluding hydrogens is 232 g/mol. The molecule has 0 aliphatic heterocycles. The van der Waals surface area contributed by atoms with Crippen molar-refractivity contribution in [3.05, 3.63) is 64.5 Å². The van der Waals surface area contributed by atoms with E-state index in [-0.39, 0.29) is 6.04 Å². The van der Waals surface area contributed by atoms with Crippen LogP contribution in [0.2, 0.25) is 0 Å². The number of rotatable bonds is 4. The molecule has 1 atom stereocenters. The molecule has 2 aromatic rings. The van der Waals surface area contributed by atoms with Crippen molar-refractivity contribution in [2.24, 2.45) is 0 Å². The lowest BCUT2D eigenvalue weighted by Gasteiger charge is -2.22. The average molecular weight is 254 g/mol. The SMILES string of the molecule is CCNC(c1cccc(C)c1C)c1ncccc1C. The van der Waals surface area contributed by atoms with Crippen LogP contribution in [0, 0.1) is 20.8 Å². The fourth-order valence-electron chi connectivity index (χ4n) is 2.44. The lowest BCUT2D eigenvalue weighted by molar-refractivity contribution is 0.609. The highest BCUT2D eigenvalue weighted by molar-refractivity contribution is 5.40. The third-order valence-corrected chi connectivity index (χ3v) is 3.69. The van der Waals surface area contributed by atoms with E-state index in [1.165, 1.54) is 22.3 Å². The van der Waals surface area contributed by atoms with E-state index in [1.54, 1.807) is 0 Å². The van der Waals surface area contributed by atoms with Crippen molar-refractivity contribution in [3.8, 4) is 0 Å². The highest BCUT2D eigenvalue weighted by Gasteiger charge is 2.18. The first-order valence-corrected chi connectivity index (χ1v) is 6.86. The first-order valence-electron chi connectivity index (χ1n) is 6.86. The molecule has 1 N–H and O–H groups in total. The molecule has 2 nitrogen and oxygen atoms in total. The molecule has 2 rings (SSSR count). The summed E-state index contributed by atoms with van der Waals surface area (Å²) >= 11 is 0. The fourth-order valence-corrected chi connectivity index (χ4v) is 2.44. The monoisotopic (exact) mass is 254 g/mol. The van der Waals surface area contributed by atoms with E-state index in [0.29, 0.717) is 0 Å². The van der Waals surface area contributed by atoms with E-state index in [0.717, 1.165) is 12.2 Å². The third-order valence-electron chi connectivity index (χ3n) is 3.69. The third kappa shape index (κ3) is 2.85. The van der Waals surface area contributed by atoms with E-state index in [1.807, 2.05) is 12.3 Å². The van der Waals surface area contributed by atoms with Gasteiger partial charge in [-0.05, 0) is 55.6 Å². The van der Waals surface area contributed by atoms with Crippen molar-refractivity contribution in [1.82, 2.24) is 10.3 Å². The van der Waals surface area contributed by atoms with Crippen LogP contribution in [0.1, 0.15) is 40.9 Å². The first-order chi connectivity index (χ1) is 9.15. The van der Waals surface area contributed by atoms with E-state index < -0.39 is 0 Å². The van der Waals surface area contributed by atoms with E-state index in [4.69, 9.17) is 0 Å². The van der Waals surface area contributed by atoms with Crippen molar-refractivity contribution in [2.45, 2.75) is 33.7 Å². The second-order valence-corrected chi connectivity index (χ2v) is 4.99. The van der Waals surface area contributed by atoms with Gasteiger partial charge in [-0.25, -0.2) is 0 Å². The van der Waals surface area contributed by atoms with Crippen LogP contribution in [0.4, 0.5) is 0 Å². The van der Waals surface area contributed by atoms with Gasteiger partial charge < -0.3 is 5.32 Å². The van der Waals surface area contributed by atoms with Crippen LogP contribution in [-0.2, 0) is 0 Å². The second kappa shape index (κ2) is 5.98. The zero-order valence-corrected chi connectivity index (χ0v) is 12.2. The summed E-state index contributed by atoms with van der Waals surface area (Å²) in [5.41, 5.74) is 6.35.